The van der Waals surface area contributed by atoms with E-state index in [0.717, 1.165) is 11.1 Å². The Bertz CT molecular complexity index is 1160. The predicted molar refractivity (Wildman–Crippen MR) is 126 cm³/mol. The van der Waals surface area contributed by atoms with E-state index in [2.05, 4.69) is 10.3 Å². The molecule has 0 spiro atoms. The molecule has 0 saturated carbocycles. The number of halogens is 1. The topological polar surface area (TPSA) is 59.9 Å². The number of carbonyl (C=O) groups excluding carboxylic acids is 1. The molecule has 1 saturated heterocycles. The molecule has 7 heteroatoms. The van der Waals surface area contributed by atoms with Crippen LogP contribution < -0.4 is 14.8 Å². The lowest BCUT2D eigenvalue weighted by atomic mass is 10.2. The Hall–Kier alpha value is -3.22. The fraction of sp³-hybridized carbons (Fsp3) is 0.0833. The van der Waals surface area contributed by atoms with Crippen LogP contribution in [0.5, 0.6) is 11.5 Å². The fourth-order valence-corrected chi connectivity index (χ4v) is 3.94. The van der Waals surface area contributed by atoms with Gasteiger partial charge in [0, 0.05) is 10.6 Å². The van der Waals surface area contributed by atoms with E-state index in [1.165, 1.54) is 11.8 Å². The van der Waals surface area contributed by atoms with Crippen molar-refractivity contribution in [3.05, 3.63) is 93.9 Å². The van der Waals surface area contributed by atoms with Gasteiger partial charge in [-0.2, -0.15) is 0 Å². The number of aliphatic imine (C=N–C) groups is 1. The first kappa shape index (κ1) is 21.0. The first-order chi connectivity index (χ1) is 15.1. The number of thioether (sulfide) groups is 1. The second-order valence-corrected chi connectivity index (χ2v) is 8.08. The highest BCUT2D eigenvalue weighted by atomic mass is 35.5. The zero-order valence-electron chi connectivity index (χ0n) is 16.7. The van der Waals surface area contributed by atoms with Crippen molar-refractivity contribution in [1.29, 1.82) is 0 Å². The zero-order chi connectivity index (χ0) is 21.6. The van der Waals surface area contributed by atoms with E-state index in [9.17, 15) is 4.79 Å². The number of rotatable bonds is 6. The second-order valence-electron chi connectivity index (χ2n) is 6.61. The predicted octanol–water partition coefficient (Wildman–Crippen LogP) is 5.82. The summed E-state index contributed by atoms with van der Waals surface area (Å²) in [5.74, 6) is 1.06. The summed E-state index contributed by atoms with van der Waals surface area (Å²) in [5.41, 5.74) is 2.44. The maximum atomic E-state index is 12.5. The Morgan fingerprint density at radius 1 is 1.03 bits per heavy atom. The van der Waals surface area contributed by atoms with E-state index in [4.69, 9.17) is 21.1 Å². The Morgan fingerprint density at radius 2 is 1.81 bits per heavy atom. The van der Waals surface area contributed by atoms with Crippen molar-refractivity contribution in [2.75, 3.05) is 7.11 Å². The third-order valence-corrected chi connectivity index (χ3v) is 5.60. The zero-order valence-corrected chi connectivity index (χ0v) is 18.2. The van der Waals surface area contributed by atoms with Gasteiger partial charge in [0.1, 0.15) is 23.8 Å². The van der Waals surface area contributed by atoms with E-state index in [1.54, 1.807) is 31.4 Å². The summed E-state index contributed by atoms with van der Waals surface area (Å²) >= 11 is 7.32. The first-order valence-electron chi connectivity index (χ1n) is 9.51. The molecule has 3 aromatic carbocycles. The van der Waals surface area contributed by atoms with Crippen LogP contribution in [-0.4, -0.2) is 18.2 Å². The monoisotopic (exact) mass is 450 g/mol. The van der Waals surface area contributed by atoms with E-state index >= 15 is 0 Å². The molecule has 4 rings (SSSR count). The van der Waals surface area contributed by atoms with Crippen LogP contribution >= 0.6 is 23.4 Å². The van der Waals surface area contributed by atoms with Crippen molar-refractivity contribution in [2.24, 2.45) is 4.99 Å². The molecular formula is C24H19ClN2O3S. The number of hydrogen-bond acceptors (Lipinski definition) is 5. The fourth-order valence-electron chi connectivity index (χ4n) is 2.95. The maximum absolute atomic E-state index is 12.5. The molecule has 1 fully saturated rings. The molecule has 1 aliphatic heterocycles. The molecular weight excluding hydrogens is 432 g/mol. The number of carbonyl (C=O) groups is 1. The van der Waals surface area contributed by atoms with Gasteiger partial charge in [-0.05, 0) is 47.7 Å². The van der Waals surface area contributed by atoms with Crippen LogP contribution in [0, 0.1) is 0 Å². The van der Waals surface area contributed by atoms with E-state index in [-0.39, 0.29) is 5.91 Å². The van der Waals surface area contributed by atoms with Gasteiger partial charge in [-0.15, -0.1) is 0 Å². The van der Waals surface area contributed by atoms with Crippen LogP contribution in [0.25, 0.3) is 6.08 Å². The number of benzene rings is 3. The SMILES string of the molecule is COc1ccc(Cl)cc1N=C1NC(=O)/C(=C/c2ccccc2OCc2ccccc2)S1. The number of amidine groups is 1. The van der Waals surface area contributed by atoms with Crippen LogP contribution in [-0.2, 0) is 11.4 Å². The highest BCUT2D eigenvalue weighted by Crippen LogP contribution is 2.34. The van der Waals surface area contributed by atoms with E-state index in [1.807, 2.05) is 54.6 Å². The summed E-state index contributed by atoms with van der Waals surface area (Å²) in [6.07, 6.45) is 1.80. The lowest BCUT2D eigenvalue weighted by Gasteiger charge is -2.09. The second kappa shape index (κ2) is 9.73. The lowest BCUT2D eigenvalue weighted by molar-refractivity contribution is -0.115. The lowest BCUT2D eigenvalue weighted by Crippen LogP contribution is -2.19. The average molecular weight is 451 g/mol. The molecule has 0 aliphatic carbocycles. The van der Waals surface area contributed by atoms with Crippen molar-refractivity contribution in [3.8, 4) is 11.5 Å². The Balaban J connectivity index is 1.55. The van der Waals surface area contributed by atoms with Gasteiger partial charge in [0.25, 0.3) is 5.91 Å². The van der Waals surface area contributed by atoms with Crippen molar-refractivity contribution < 1.29 is 14.3 Å². The minimum absolute atomic E-state index is 0.220. The summed E-state index contributed by atoms with van der Waals surface area (Å²) in [5, 5.41) is 3.78. The number of amides is 1. The molecule has 31 heavy (non-hydrogen) atoms. The van der Waals surface area contributed by atoms with E-state index < -0.39 is 0 Å². The number of methoxy groups -OCH3 is 1. The molecule has 0 unspecified atom stereocenters. The minimum atomic E-state index is -0.220. The maximum Gasteiger partial charge on any atom is 0.264 e. The number of ether oxygens (including phenoxy) is 2. The van der Waals surface area contributed by atoms with Crippen LogP contribution in [0.4, 0.5) is 5.69 Å². The molecule has 0 radical (unpaired) electrons. The normalized spacial score (nSPS) is 15.9. The van der Waals surface area contributed by atoms with Crippen molar-refractivity contribution in [2.45, 2.75) is 6.61 Å². The average Bonchev–Trinajstić information content (AvgIpc) is 3.12. The third-order valence-electron chi connectivity index (χ3n) is 4.46. The van der Waals surface area contributed by atoms with Crippen LogP contribution in [0.2, 0.25) is 5.02 Å². The highest BCUT2D eigenvalue weighted by Gasteiger charge is 2.24. The van der Waals surface area contributed by atoms with Gasteiger partial charge < -0.3 is 14.8 Å². The Kier molecular flexibility index (Phi) is 6.60. The quantitative estimate of drug-likeness (QED) is 0.481. The molecule has 0 atom stereocenters. The molecule has 0 bridgehead atoms. The van der Waals surface area contributed by atoms with Gasteiger partial charge in [-0.25, -0.2) is 4.99 Å². The van der Waals surface area contributed by atoms with Crippen molar-refractivity contribution >= 4 is 46.2 Å². The molecule has 1 aliphatic rings. The van der Waals surface area contributed by atoms with Crippen molar-refractivity contribution in [3.63, 3.8) is 0 Å². The molecule has 1 N–H and O–H groups in total. The molecule has 156 valence electrons. The van der Waals surface area contributed by atoms with Crippen LogP contribution in [0.1, 0.15) is 11.1 Å². The smallest absolute Gasteiger partial charge is 0.264 e. The molecule has 5 nitrogen and oxygen atoms in total. The minimum Gasteiger partial charge on any atom is -0.494 e. The highest BCUT2D eigenvalue weighted by molar-refractivity contribution is 8.18. The molecule has 3 aromatic rings. The first-order valence-corrected chi connectivity index (χ1v) is 10.7. The summed E-state index contributed by atoms with van der Waals surface area (Å²) in [6, 6.07) is 22.7. The van der Waals surface area contributed by atoms with Gasteiger partial charge in [0.05, 0.1) is 12.0 Å². The van der Waals surface area contributed by atoms with E-state index in [0.29, 0.717) is 38.9 Å². The van der Waals surface area contributed by atoms with Gasteiger partial charge in [-0.1, -0.05) is 60.1 Å². The number of nitrogens with zero attached hydrogens (tertiary/aromatic N) is 1. The summed E-state index contributed by atoms with van der Waals surface area (Å²) in [4.78, 5) is 17.5. The molecule has 1 amide bonds. The summed E-state index contributed by atoms with van der Waals surface area (Å²) < 4.78 is 11.3. The largest absolute Gasteiger partial charge is 0.494 e. The Morgan fingerprint density at radius 3 is 2.61 bits per heavy atom. The number of para-hydroxylation sites is 1. The number of hydrogen-bond donors (Lipinski definition) is 1. The van der Waals surface area contributed by atoms with Gasteiger partial charge in [-0.3, -0.25) is 4.79 Å². The van der Waals surface area contributed by atoms with Gasteiger partial charge >= 0.3 is 0 Å². The van der Waals surface area contributed by atoms with Gasteiger partial charge in [0.2, 0.25) is 0 Å². The van der Waals surface area contributed by atoms with Gasteiger partial charge in [0.15, 0.2) is 5.17 Å². The summed E-state index contributed by atoms with van der Waals surface area (Å²) in [7, 11) is 1.56. The Labute approximate surface area is 189 Å². The molecule has 1 heterocycles. The molecule has 0 aromatic heterocycles. The van der Waals surface area contributed by atoms with Crippen LogP contribution in [0.15, 0.2) is 82.7 Å². The standard InChI is InChI=1S/C24H19ClN2O3S/c1-29-21-12-11-18(25)14-19(21)26-24-27-23(28)22(31-24)13-17-9-5-6-10-20(17)30-15-16-7-3-2-4-8-16/h2-14H,15H2,1H3,(H,26,27,28)/b22-13-. The van der Waals surface area contributed by atoms with Crippen LogP contribution in [0.3, 0.4) is 0 Å². The van der Waals surface area contributed by atoms with Crippen molar-refractivity contribution in [1.82, 2.24) is 5.32 Å². The third kappa shape index (κ3) is 5.29. The summed E-state index contributed by atoms with van der Waals surface area (Å²) in [6.45, 7) is 0.446. The number of nitrogens with one attached hydrogen (secondary N) is 1.